The van der Waals surface area contributed by atoms with Crippen LogP contribution in [0, 0.1) is 0 Å². The van der Waals surface area contributed by atoms with Gasteiger partial charge in [0.2, 0.25) is 5.89 Å². The van der Waals surface area contributed by atoms with E-state index in [1.165, 1.54) is 12.8 Å². The molecule has 0 atom stereocenters. The van der Waals surface area contributed by atoms with E-state index in [0.717, 1.165) is 21.6 Å². The molecule has 2 aromatic rings. The van der Waals surface area contributed by atoms with Gasteiger partial charge in [0.05, 0.1) is 22.6 Å². The maximum atomic E-state index is 6.03. The summed E-state index contributed by atoms with van der Waals surface area (Å²) in [6, 6.07) is 2.53. The summed E-state index contributed by atoms with van der Waals surface area (Å²) < 4.78 is 5.64. The van der Waals surface area contributed by atoms with E-state index in [-0.39, 0.29) is 0 Å². The molecule has 1 fully saturated rings. The van der Waals surface area contributed by atoms with Gasteiger partial charge in [0.25, 0.3) is 0 Å². The van der Waals surface area contributed by atoms with E-state index >= 15 is 0 Å². The van der Waals surface area contributed by atoms with Gasteiger partial charge in [-0.25, -0.2) is 4.98 Å². The van der Waals surface area contributed by atoms with Gasteiger partial charge in [-0.3, -0.25) is 0 Å². The average Bonchev–Trinajstić information content (AvgIpc) is 2.82. The number of aromatic nitrogens is 1. The summed E-state index contributed by atoms with van der Waals surface area (Å²) in [6.45, 7) is 0.702. The molecule has 16 heavy (non-hydrogen) atoms. The fraction of sp³-hybridized carbons (Fsp3) is 0.364. The molecule has 0 aliphatic heterocycles. The largest absolute Gasteiger partial charge is 0.438 e. The monoisotopic (exact) mass is 254 g/mol. The highest BCUT2D eigenvalue weighted by molar-refractivity contribution is 7.14. The minimum atomic E-state index is 0.667. The second kappa shape index (κ2) is 4.20. The van der Waals surface area contributed by atoms with Crippen LogP contribution < -0.4 is 5.32 Å². The van der Waals surface area contributed by atoms with Crippen molar-refractivity contribution >= 4 is 22.9 Å². The van der Waals surface area contributed by atoms with Crippen LogP contribution in [0.4, 0.5) is 0 Å². The molecule has 84 valence electrons. The third-order valence-electron chi connectivity index (χ3n) is 2.51. The maximum Gasteiger partial charge on any atom is 0.208 e. The molecule has 0 amide bonds. The van der Waals surface area contributed by atoms with Crippen molar-refractivity contribution < 1.29 is 4.42 Å². The molecule has 2 heterocycles. The van der Waals surface area contributed by atoms with Gasteiger partial charge in [-0.05, 0) is 24.3 Å². The maximum absolute atomic E-state index is 6.03. The Morgan fingerprint density at radius 3 is 3.12 bits per heavy atom. The van der Waals surface area contributed by atoms with Crippen LogP contribution in [0.15, 0.2) is 22.1 Å². The van der Waals surface area contributed by atoms with Crippen molar-refractivity contribution in [2.45, 2.75) is 25.4 Å². The SMILES string of the molecule is Clc1ccsc1-c1cnc(CNC2CC2)o1. The summed E-state index contributed by atoms with van der Waals surface area (Å²) in [7, 11) is 0. The van der Waals surface area contributed by atoms with Crippen molar-refractivity contribution in [1.82, 2.24) is 10.3 Å². The highest BCUT2D eigenvalue weighted by atomic mass is 35.5. The van der Waals surface area contributed by atoms with E-state index in [1.54, 1.807) is 17.5 Å². The quantitative estimate of drug-likeness (QED) is 0.910. The highest BCUT2D eigenvalue weighted by Crippen LogP contribution is 2.33. The van der Waals surface area contributed by atoms with Crippen LogP contribution in [-0.4, -0.2) is 11.0 Å². The first kappa shape index (κ1) is 10.3. The van der Waals surface area contributed by atoms with Crippen molar-refractivity contribution in [2.24, 2.45) is 0 Å². The van der Waals surface area contributed by atoms with Crippen LogP contribution in [0.3, 0.4) is 0 Å². The number of rotatable bonds is 4. The molecule has 0 unspecified atom stereocenters. The highest BCUT2D eigenvalue weighted by Gasteiger charge is 2.21. The summed E-state index contributed by atoms with van der Waals surface area (Å²) in [5, 5.41) is 6.03. The van der Waals surface area contributed by atoms with Crippen molar-refractivity contribution in [3.05, 3.63) is 28.6 Å². The second-order valence-electron chi connectivity index (χ2n) is 3.87. The van der Waals surface area contributed by atoms with E-state index in [9.17, 15) is 0 Å². The molecule has 0 spiro atoms. The minimum Gasteiger partial charge on any atom is -0.438 e. The third-order valence-corrected chi connectivity index (χ3v) is 3.87. The first-order chi connectivity index (χ1) is 7.83. The molecule has 0 saturated heterocycles. The van der Waals surface area contributed by atoms with Crippen molar-refractivity contribution in [1.29, 1.82) is 0 Å². The van der Waals surface area contributed by atoms with E-state index in [4.69, 9.17) is 16.0 Å². The lowest BCUT2D eigenvalue weighted by atomic mass is 10.4. The molecule has 5 heteroatoms. The minimum absolute atomic E-state index is 0.667. The molecule has 0 aromatic carbocycles. The third kappa shape index (κ3) is 2.14. The van der Waals surface area contributed by atoms with Gasteiger partial charge in [-0.15, -0.1) is 11.3 Å². The first-order valence-corrected chi connectivity index (χ1v) is 6.50. The standard InChI is InChI=1S/C11H11ClN2OS/c12-8-3-4-16-11(8)9-5-14-10(15-9)6-13-7-1-2-7/h3-5,7,13H,1-2,6H2. The zero-order valence-corrected chi connectivity index (χ0v) is 10.1. The van der Waals surface area contributed by atoms with Crippen LogP contribution >= 0.6 is 22.9 Å². The Morgan fingerprint density at radius 1 is 1.56 bits per heavy atom. The van der Waals surface area contributed by atoms with Gasteiger partial charge < -0.3 is 9.73 Å². The molecule has 0 radical (unpaired) electrons. The van der Waals surface area contributed by atoms with E-state index in [2.05, 4.69) is 10.3 Å². The van der Waals surface area contributed by atoms with Crippen molar-refractivity contribution in [3.8, 4) is 10.6 Å². The van der Waals surface area contributed by atoms with E-state index < -0.39 is 0 Å². The Hall–Kier alpha value is -0.840. The molecular weight excluding hydrogens is 244 g/mol. The summed E-state index contributed by atoms with van der Waals surface area (Å²) >= 11 is 7.59. The normalized spacial score (nSPS) is 15.6. The lowest BCUT2D eigenvalue weighted by molar-refractivity contribution is 0.477. The molecule has 1 aliphatic carbocycles. The second-order valence-corrected chi connectivity index (χ2v) is 5.19. The van der Waals surface area contributed by atoms with E-state index in [1.807, 2.05) is 11.4 Å². The smallest absolute Gasteiger partial charge is 0.208 e. The zero-order chi connectivity index (χ0) is 11.0. The molecular formula is C11H11ClN2OS. The Balaban J connectivity index is 1.74. The summed E-state index contributed by atoms with van der Waals surface area (Å²) in [4.78, 5) is 5.18. The first-order valence-electron chi connectivity index (χ1n) is 5.24. The van der Waals surface area contributed by atoms with Gasteiger partial charge >= 0.3 is 0 Å². The molecule has 1 aliphatic rings. The number of thiophene rings is 1. The lowest BCUT2D eigenvalue weighted by Crippen LogP contribution is -2.15. The molecule has 0 bridgehead atoms. The van der Waals surface area contributed by atoms with Gasteiger partial charge in [0, 0.05) is 6.04 Å². The average molecular weight is 255 g/mol. The van der Waals surface area contributed by atoms with Crippen LogP contribution in [0.25, 0.3) is 10.6 Å². The van der Waals surface area contributed by atoms with Crippen LogP contribution in [0.2, 0.25) is 5.02 Å². The Morgan fingerprint density at radius 2 is 2.44 bits per heavy atom. The predicted octanol–water partition coefficient (Wildman–Crippen LogP) is 3.31. The van der Waals surface area contributed by atoms with Crippen LogP contribution in [-0.2, 0) is 6.54 Å². The van der Waals surface area contributed by atoms with Gasteiger partial charge in [-0.1, -0.05) is 11.6 Å². The van der Waals surface area contributed by atoms with Crippen LogP contribution in [0.5, 0.6) is 0 Å². The number of nitrogens with zero attached hydrogens (tertiary/aromatic N) is 1. The number of hydrogen-bond donors (Lipinski definition) is 1. The van der Waals surface area contributed by atoms with E-state index in [0.29, 0.717) is 12.6 Å². The lowest BCUT2D eigenvalue weighted by Gasteiger charge is -1.96. The van der Waals surface area contributed by atoms with Crippen molar-refractivity contribution in [3.63, 3.8) is 0 Å². The molecule has 3 rings (SSSR count). The zero-order valence-electron chi connectivity index (χ0n) is 8.57. The topological polar surface area (TPSA) is 38.1 Å². The Kier molecular flexibility index (Phi) is 2.71. The van der Waals surface area contributed by atoms with Gasteiger partial charge in [-0.2, -0.15) is 0 Å². The molecule has 1 N–H and O–H groups in total. The van der Waals surface area contributed by atoms with Gasteiger partial charge in [0.15, 0.2) is 5.76 Å². The molecule has 1 saturated carbocycles. The Bertz CT molecular complexity index is 490. The summed E-state index contributed by atoms with van der Waals surface area (Å²) in [5.41, 5.74) is 0. The summed E-state index contributed by atoms with van der Waals surface area (Å²) in [5.74, 6) is 1.49. The van der Waals surface area contributed by atoms with Crippen LogP contribution in [0.1, 0.15) is 18.7 Å². The van der Waals surface area contributed by atoms with Gasteiger partial charge in [0.1, 0.15) is 0 Å². The fourth-order valence-electron chi connectivity index (χ4n) is 1.49. The Labute approximate surface area is 102 Å². The molecule has 3 nitrogen and oxygen atoms in total. The number of hydrogen-bond acceptors (Lipinski definition) is 4. The number of halogens is 1. The van der Waals surface area contributed by atoms with Crippen molar-refractivity contribution in [2.75, 3.05) is 0 Å². The molecule has 2 aromatic heterocycles. The fourth-order valence-corrected chi connectivity index (χ4v) is 2.58. The number of oxazole rings is 1. The predicted molar refractivity (Wildman–Crippen MR) is 64.7 cm³/mol. The summed E-state index contributed by atoms with van der Waals surface area (Å²) in [6.07, 6.45) is 4.27. The number of nitrogens with one attached hydrogen (secondary N) is 1.